The van der Waals surface area contributed by atoms with Gasteiger partial charge in [0.25, 0.3) is 0 Å². The van der Waals surface area contributed by atoms with E-state index >= 15 is 0 Å². The van der Waals surface area contributed by atoms with Gasteiger partial charge < -0.3 is 16.0 Å². The summed E-state index contributed by atoms with van der Waals surface area (Å²) in [4.78, 5) is 24.9. The normalized spacial score (nSPS) is 11.8. The number of hydrogen-bond donors (Lipinski definition) is 3. The van der Waals surface area contributed by atoms with E-state index in [1.165, 1.54) is 12.5 Å². The van der Waals surface area contributed by atoms with Crippen molar-refractivity contribution in [2.24, 2.45) is 5.73 Å². The number of H-pyrrole nitrogens is 1. The van der Waals surface area contributed by atoms with Crippen LogP contribution in [0.4, 0.5) is 5.82 Å². The van der Waals surface area contributed by atoms with Crippen LogP contribution in [0.1, 0.15) is 17.2 Å². The van der Waals surface area contributed by atoms with E-state index in [1.807, 2.05) is 36.4 Å². The molecule has 4 N–H and O–H groups in total. The highest BCUT2D eigenvalue weighted by molar-refractivity contribution is 6.35. The fraction of sp³-hybridized carbons (Fsp3) is 0.0909. The molecule has 0 saturated carbocycles. The maximum absolute atomic E-state index is 13.5. The smallest absolute Gasteiger partial charge is 0.195 e. The van der Waals surface area contributed by atoms with Crippen molar-refractivity contribution in [3.63, 3.8) is 0 Å². The van der Waals surface area contributed by atoms with Gasteiger partial charge in [-0.3, -0.25) is 4.79 Å². The second kappa shape index (κ2) is 8.33. The molecule has 0 aliphatic rings. The Balaban J connectivity index is 1.97. The Labute approximate surface area is 177 Å². The quantitative estimate of drug-likeness (QED) is 0.457. The molecule has 0 spiro atoms. The number of aromatic amines is 1. The van der Waals surface area contributed by atoms with Crippen molar-refractivity contribution in [3.8, 4) is 17.3 Å². The molecule has 7 nitrogen and oxygen atoms in total. The fourth-order valence-corrected chi connectivity index (χ4v) is 3.62. The number of nitriles is 1. The summed E-state index contributed by atoms with van der Waals surface area (Å²) < 4.78 is 0. The zero-order valence-corrected chi connectivity index (χ0v) is 16.5. The number of para-hydroxylation sites is 1. The molecule has 2 aromatic heterocycles. The van der Waals surface area contributed by atoms with Crippen LogP contribution in [-0.2, 0) is 0 Å². The molecule has 4 aromatic rings. The van der Waals surface area contributed by atoms with Crippen LogP contribution in [-0.4, -0.2) is 21.5 Å². The standard InChI is InChI=1S/C22H17ClN6O/c23-16-8-4-7-15-20(16)29-19(13-5-2-1-3-6-13)18(21(15)30)17(10-25)28-22-14(9-24)11-26-12-27-22/h1-8,11-12,17H,10,25H2,(H,29,30)(H,26,27,28). The van der Waals surface area contributed by atoms with Crippen LogP contribution in [0.3, 0.4) is 0 Å². The van der Waals surface area contributed by atoms with Gasteiger partial charge in [-0.15, -0.1) is 0 Å². The van der Waals surface area contributed by atoms with E-state index in [1.54, 1.807) is 18.2 Å². The molecule has 2 aromatic carbocycles. The SMILES string of the molecule is N#Cc1cncnc1NC(CN)c1c(-c2ccccc2)[nH]c2c(Cl)cccc2c1=O. The molecule has 1 atom stereocenters. The molecule has 4 rings (SSSR count). The second-order valence-corrected chi connectivity index (χ2v) is 7.01. The summed E-state index contributed by atoms with van der Waals surface area (Å²) >= 11 is 6.36. The minimum Gasteiger partial charge on any atom is -0.361 e. The predicted octanol–water partition coefficient (Wildman–Crippen LogP) is 3.62. The highest BCUT2D eigenvalue weighted by Gasteiger charge is 2.23. The van der Waals surface area contributed by atoms with E-state index in [0.29, 0.717) is 33.0 Å². The van der Waals surface area contributed by atoms with E-state index in [2.05, 4.69) is 20.3 Å². The lowest BCUT2D eigenvalue weighted by Crippen LogP contribution is -2.28. The number of nitrogens with two attached hydrogens (primary N) is 1. The van der Waals surface area contributed by atoms with Crippen LogP contribution >= 0.6 is 11.6 Å². The van der Waals surface area contributed by atoms with E-state index in [4.69, 9.17) is 17.3 Å². The molecule has 2 heterocycles. The zero-order chi connectivity index (χ0) is 21.1. The van der Waals surface area contributed by atoms with Crippen LogP contribution in [0.25, 0.3) is 22.2 Å². The Hall–Kier alpha value is -3.73. The van der Waals surface area contributed by atoms with Gasteiger partial charge in [-0.05, 0) is 17.7 Å². The lowest BCUT2D eigenvalue weighted by Gasteiger charge is -2.22. The Kier molecular flexibility index (Phi) is 5.44. The first kappa shape index (κ1) is 19.6. The zero-order valence-electron chi connectivity index (χ0n) is 15.8. The number of benzene rings is 2. The van der Waals surface area contributed by atoms with Crippen LogP contribution in [0.5, 0.6) is 0 Å². The summed E-state index contributed by atoms with van der Waals surface area (Å²) in [5.41, 5.74) is 8.56. The van der Waals surface area contributed by atoms with Gasteiger partial charge in [-0.2, -0.15) is 5.26 Å². The van der Waals surface area contributed by atoms with Crippen LogP contribution in [0, 0.1) is 11.3 Å². The Morgan fingerprint density at radius 3 is 2.73 bits per heavy atom. The van der Waals surface area contributed by atoms with Crippen molar-refractivity contribution in [3.05, 3.63) is 87.4 Å². The first-order valence-electron chi connectivity index (χ1n) is 9.20. The maximum Gasteiger partial charge on any atom is 0.195 e. The molecule has 0 saturated heterocycles. The van der Waals surface area contributed by atoms with E-state index < -0.39 is 6.04 Å². The van der Waals surface area contributed by atoms with Crippen molar-refractivity contribution in [2.45, 2.75) is 6.04 Å². The molecule has 0 aliphatic carbocycles. The number of hydrogen-bond acceptors (Lipinski definition) is 6. The molecule has 8 heteroatoms. The summed E-state index contributed by atoms with van der Waals surface area (Å²) in [5, 5.41) is 13.4. The fourth-order valence-electron chi connectivity index (χ4n) is 3.40. The Bertz CT molecular complexity index is 1310. The van der Waals surface area contributed by atoms with Gasteiger partial charge in [-0.25, -0.2) is 9.97 Å². The second-order valence-electron chi connectivity index (χ2n) is 6.60. The summed E-state index contributed by atoms with van der Waals surface area (Å²) in [7, 11) is 0. The van der Waals surface area contributed by atoms with Crippen LogP contribution in [0.15, 0.2) is 65.8 Å². The number of nitrogens with one attached hydrogen (secondary N) is 2. The van der Waals surface area contributed by atoms with Gasteiger partial charge in [0.05, 0.1) is 28.5 Å². The number of nitrogens with zero attached hydrogens (tertiary/aromatic N) is 3. The van der Waals surface area contributed by atoms with Crippen molar-refractivity contribution in [1.29, 1.82) is 5.26 Å². The summed E-state index contributed by atoms with van der Waals surface area (Å²) in [6, 6.07) is 16.1. The summed E-state index contributed by atoms with van der Waals surface area (Å²) in [6.07, 6.45) is 2.74. The van der Waals surface area contributed by atoms with Crippen LogP contribution in [0.2, 0.25) is 5.02 Å². The van der Waals surface area contributed by atoms with E-state index in [9.17, 15) is 10.1 Å². The monoisotopic (exact) mass is 416 g/mol. The van der Waals surface area contributed by atoms with Gasteiger partial charge >= 0.3 is 0 Å². The third-order valence-electron chi connectivity index (χ3n) is 4.81. The molecular formula is C22H17ClN6O. The van der Waals surface area contributed by atoms with Gasteiger partial charge in [-0.1, -0.05) is 48.0 Å². The molecule has 1 unspecified atom stereocenters. The Morgan fingerprint density at radius 1 is 1.20 bits per heavy atom. The molecule has 0 fully saturated rings. The van der Waals surface area contributed by atoms with Crippen LogP contribution < -0.4 is 16.5 Å². The average molecular weight is 417 g/mol. The lowest BCUT2D eigenvalue weighted by molar-refractivity contribution is 0.776. The highest BCUT2D eigenvalue weighted by atomic mass is 35.5. The highest BCUT2D eigenvalue weighted by Crippen LogP contribution is 2.30. The first-order chi connectivity index (χ1) is 14.6. The van der Waals surface area contributed by atoms with E-state index in [0.717, 1.165) is 5.56 Å². The Morgan fingerprint density at radius 2 is 2.00 bits per heavy atom. The van der Waals surface area contributed by atoms with Crippen molar-refractivity contribution >= 4 is 28.3 Å². The lowest BCUT2D eigenvalue weighted by atomic mass is 9.97. The number of rotatable bonds is 5. The number of pyridine rings is 1. The van der Waals surface area contributed by atoms with Crippen molar-refractivity contribution in [1.82, 2.24) is 15.0 Å². The largest absolute Gasteiger partial charge is 0.361 e. The molecular weight excluding hydrogens is 400 g/mol. The number of anilines is 1. The molecule has 0 aliphatic heterocycles. The molecule has 148 valence electrons. The third-order valence-corrected chi connectivity index (χ3v) is 5.13. The number of halogens is 1. The average Bonchev–Trinajstić information content (AvgIpc) is 2.79. The van der Waals surface area contributed by atoms with Gasteiger partial charge in [0.1, 0.15) is 23.8 Å². The minimum atomic E-state index is -0.602. The molecule has 30 heavy (non-hydrogen) atoms. The topological polar surface area (TPSA) is 120 Å². The summed E-state index contributed by atoms with van der Waals surface area (Å²) in [5.74, 6) is 0.313. The first-order valence-corrected chi connectivity index (χ1v) is 9.58. The molecule has 0 bridgehead atoms. The van der Waals surface area contributed by atoms with E-state index in [-0.39, 0.29) is 17.5 Å². The maximum atomic E-state index is 13.5. The van der Waals surface area contributed by atoms with Gasteiger partial charge in [0.2, 0.25) is 0 Å². The van der Waals surface area contributed by atoms with Crippen molar-refractivity contribution in [2.75, 3.05) is 11.9 Å². The van der Waals surface area contributed by atoms with Gasteiger partial charge in [0, 0.05) is 17.5 Å². The van der Waals surface area contributed by atoms with Crippen molar-refractivity contribution < 1.29 is 0 Å². The number of aromatic nitrogens is 3. The molecule has 0 radical (unpaired) electrons. The third kappa shape index (κ3) is 3.50. The predicted molar refractivity (Wildman–Crippen MR) is 117 cm³/mol. The minimum absolute atomic E-state index is 0.101. The number of fused-ring (bicyclic) bond motifs is 1. The summed E-state index contributed by atoms with van der Waals surface area (Å²) in [6.45, 7) is 0.101. The molecule has 0 amide bonds. The van der Waals surface area contributed by atoms with Gasteiger partial charge in [0.15, 0.2) is 5.43 Å².